The van der Waals surface area contributed by atoms with Crippen LogP contribution in [-0.4, -0.2) is 37.2 Å². The molecule has 1 saturated heterocycles. The molecular formula is C14H20N2O2. The van der Waals surface area contributed by atoms with E-state index in [0.717, 1.165) is 31.7 Å². The molecule has 0 radical (unpaired) electrons. The first-order valence-electron chi connectivity index (χ1n) is 6.57. The number of likely N-dealkylation sites (tertiary alicyclic amines) is 1. The maximum Gasteiger partial charge on any atom is 0.317 e. The summed E-state index contributed by atoms with van der Waals surface area (Å²) in [6, 6.07) is 9.67. The average molecular weight is 248 g/mol. The van der Waals surface area contributed by atoms with Crippen molar-refractivity contribution in [3.63, 3.8) is 0 Å². The average Bonchev–Trinajstić information content (AvgIpc) is 2.45. The molecule has 1 aromatic rings. The van der Waals surface area contributed by atoms with Crippen molar-refractivity contribution in [3.05, 3.63) is 30.3 Å². The summed E-state index contributed by atoms with van der Waals surface area (Å²) in [6.07, 6.45) is 3.47. The Bertz CT molecular complexity index is 361. The Morgan fingerprint density at radius 3 is 2.61 bits per heavy atom. The molecule has 1 aliphatic heterocycles. The van der Waals surface area contributed by atoms with Gasteiger partial charge in [-0.2, -0.15) is 0 Å². The second-order valence-electron chi connectivity index (χ2n) is 4.44. The molecule has 2 rings (SSSR count). The van der Waals surface area contributed by atoms with E-state index in [-0.39, 0.29) is 6.03 Å². The number of amides is 2. The second-order valence-corrected chi connectivity index (χ2v) is 4.44. The summed E-state index contributed by atoms with van der Waals surface area (Å²) in [6.45, 7) is 2.81. The number of carbonyl (C=O) groups is 1. The van der Waals surface area contributed by atoms with Crippen LogP contribution in [0.3, 0.4) is 0 Å². The van der Waals surface area contributed by atoms with Crippen molar-refractivity contribution in [2.75, 3.05) is 26.2 Å². The number of nitrogens with one attached hydrogen (secondary N) is 1. The Hall–Kier alpha value is -1.71. The molecule has 1 heterocycles. The third-order valence-corrected chi connectivity index (χ3v) is 3.03. The van der Waals surface area contributed by atoms with Gasteiger partial charge in [0.25, 0.3) is 0 Å². The quantitative estimate of drug-likeness (QED) is 0.830. The molecular weight excluding hydrogens is 228 g/mol. The fraction of sp³-hybridized carbons (Fsp3) is 0.500. The van der Waals surface area contributed by atoms with Gasteiger partial charge in [-0.25, -0.2) is 4.79 Å². The first-order chi connectivity index (χ1) is 8.86. The minimum atomic E-state index is 0.0337. The van der Waals surface area contributed by atoms with E-state index in [2.05, 4.69) is 5.32 Å². The Morgan fingerprint density at radius 1 is 1.17 bits per heavy atom. The number of nitrogens with zero attached hydrogens (tertiary/aromatic N) is 1. The summed E-state index contributed by atoms with van der Waals surface area (Å²) >= 11 is 0. The number of piperidine rings is 1. The van der Waals surface area contributed by atoms with Gasteiger partial charge in [-0.15, -0.1) is 0 Å². The Kier molecular flexibility index (Phi) is 4.88. The lowest BCUT2D eigenvalue weighted by atomic mass is 10.1. The highest BCUT2D eigenvalue weighted by atomic mass is 16.5. The number of carbonyl (C=O) groups excluding carboxylic acids is 1. The smallest absolute Gasteiger partial charge is 0.317 e. The number of hydrogen-bond acceptors (Lipinski definition) is 2. The van der Waals surface area contributed by atoms with Gasteiger partial charge in [0.15, 0.2) is 0 Å². The Morgan fingerprint density at radius 2 is 1.89 bits per heavy atom. The SMILES string of the molecule is O=C(NCCOc1ccccc1)N1CCCCC1. The van der Waals surface area contributed by atoms with Crippen molar-refractivity contribution in [3.8, 4) is 5.75 Å². The van der Waals surface area contributed by atoms with Crippen LogP contribution in [0.4, 0.5) is 4.79 Å². The molecule has 2 amide bonds. The monoisotopic (exact) mass is 248 g/mol. The molecule has 1 aliphatic rings. The normalized spacial score (nSPS) is 15.2. The zero-order valence-electron chi connectivity index (χ0n) is 10.6. The van der Waals surface area contributed by atoms with Gasteiger partial charge >= 0.3 is 6.03 Å². The number of hydrogen-bond donors (Lipinski definition) is 1. The third kappa shape index (κ3) is 3.95. The molecule has 0 atom stereocenters. The molecule has 0 aliphatic carbocycles. The van der Waals surface area contributed by atoms with E-state index in [1.54, 1.807) is 0 Å². The summed E-state index contributed by atoms with van der Waals surface area (Å²) in [5.74, 6) is 0.838. The maximum atomic E-state index is 11.8. The number of urea groups is 1. The minimum Gasteiger partial charge on any atom is -0.492 e. The van der Waals surface area contributed by atoms with E-state index in [0.29, 0.717) is 13.2 Å². The molecule has 1 aromatic carbocycles. The number of para-hydroxylation sites is 1. The zero-order valence-corrected chi connectivity index (χ0v) is 10.6. The highest BCUT2D eigenvalue weighted by Crippen LogP contribution is 2.09. The fourth-order valence-electron chi connectivity index (χ4n) is 2.05. The van der Waals surface area contributed by atoms with Crippen LogP contribution in [0.2, 0.25) is 0 Å². The Balaban J connectivity index is 1.61. The maximum absolute atomic E-state index is 11.8. The van der Waals surface area contributed by atoms with Crippen LogP contribution in [0.5, 0.6) is 5.75 Å². The van der Waals surface area contributed by atoms with Crippen LogP contribution in [0.1, 0.15) is 19.3 Å². The lowest BCUT2D eigenvalue weighted by molar-refractivity contribution is 0.184. The molecule has 1 fully saturated rings. The fourth-order valence-corrected chi connectivity index (χ4v) is 2.05. The van der Waals surface area contributed by atoms with Crippen LogP contribution < -0.4 is 10.1 Å². The molecule has 0 spiro atoms. The van der Waals surface area contributed by atoms with Gasteiger partial charge in [-0.3, -0.25) is 0 Å². The van der Waals surface area contributed by atoms with Gasteiger partial charge in [0.1, 0.15) is 12.4 Å². The van der Waals surface area contributed by atoms with Crippen LogP contribution >= 0.6 is 0 Å². The van der Waals surface area contributed by atoms with Crippen LogP contribution in [-0.2, 0) is 0 Å². The van der Waals surface area contributed by atoms with E-state index >= 15 is 0 Å². The standard InChI is InChI=1S/C14H20N2O2/c17-14(16-10-5-2-6-11-16)15-9-12-18-13-7-3-1-4-8-13/h1,3-4,7-8H,2,5-6,9-12H2,(H,15,17). The van der Waals surface area contributed by atoms with Crippen molar-refractivity contribution in [1.29, 1.82) is 0 Å². The molecule has 4 heteroatoms. The van der Waals surface area contributed by atoms with Gasteiger partial charge in [0.2, 0.25) is 0 Å². The van der Waals surface area contributed by atoms with Crippen molar-refractivity contribution in [2.45, 2.75) is 19.3 Å². The molecule has 0 bridgehead atoms. The summed E-state index contributed by atoms with van der Waals surface area (Å²) in [4.78, 5) is 13.6. The highest BCUT2D eigenvalue weighted by molar-refractivity contribution is 5.74. The highest BCUT2D eigenvalue weighted by Gasteiger charge is 2.15. The predicted octanol–water partition coefficient (Wildman–Crippen LogP) is 2.26. The summed E-state index contributed by atoms with van der Waals surface area (Å²) in [7, 11) is 0. The van der Waals surface area contributed by atoms with E-state index in [1.807, 2.05) is 35.2 Å². The number of ether oxygens (including phenoxy) is 1. The van der Waals surface area contributed by atoms with Gasteiger partial charge in [0.05, 0.1) is 6.54 Å². The predicted molar refractivity (Wildman–Crippen MR) is 70.8 cm³/mol. The van der Waals surface area contributed by atoms with Gasteiger partial charge in [-0.05, 0) is 31.4 Å². The first kappa shape index (κ1) is 12.7. The van der Waals surface area contributed by atoms with Crippen molar-refractivity contribution < 1.29 is 9.53 Å². The first-order valence-corrected chi connectivity index (χ1v) is 6.57. The van der Waals surface area contributed by atoms with E-state index < -0.39 is 0 Å². The van der Waals surface area contributed by atoms with Crippen molar-refractivity contribution in [1.82, 2.24) is 10.2 Å². The van der Waals surface area contributed by atoms with Gasteiger partial charge in [-0.1, -0.05) is 18.2 Å². The van der Waals surface area contributed by atoms with Crippen LogP contribution in [0.25, 0.3) is 0 Å². The molecule has 1 N–H and O–H groups in total. The number of benzene rings is 1. The minimum absolute atomic E-state index is 0.0337. The van der Waals surface area contributed by atoms with E-state index in [4.69, 9.17) is 4.74 Å². The molecule has 0 aromatic heterocycles. The lowest BCUT2D eigenvalue weighted by Crippen LogP contribution is -2.43. The largest absolute Gasteiger partial charge is 0.492 e. The summed E-state index contributed by atoms with van der Waals surface area (Å²) < 4.78 is 5.51. The summed E-state index contributed by atoms with van der Waals surface area (Å²) in [5.41, 5.74) is 0. The van der Waals surface area contributed by atoms with Gasteiger partial charge in [0, 0.05) is 13.1 Å². The van der Waals surface area contributed by atoms with E-state index in [9.17, 15) is 4.79 Å². The summed E-state index contributed by atoms with van der Waals surface area (Å²) in [5, 5.41) is 2.88. The second kappa shape index (κ2) is 6.89. The van der Waals surface area contributed by atoms with Crippen LogP contribution in [0, 0.1) is 0 Å². The van der Waals surface area contributed by atoms with Crippen molar-refractivity contribution >= 4 is 6.03 Å². The lowest BCUT2D eigenvalue weighted by Gasteiger charge is -2.26. The molecule has 4 nitrogen and oxygen atoms in total. The molecule has 0 unspecified atom stereocenters. The van der Waals surface area contributed by atoms with E-state index in [1.165, 1.54) is 6.42 Å². The van der Waals surface area contributed by atoms with Gasteiger partial charge < -0.3 is 15.0 Å². The third-order valence-electron chi connectivity index (χ3n) is 3.03. The van der Waals surface area contributed by atoms with Crippen LogP contribution in [0.15, 0.2) is 30.3 Å². The zero-order chi connectivity index (χ0) is 12.6. The molecule has 18 heavy (non-hydrogen) atoms. The molecule has 0 saturated carbocycles. The number of rotatable bonds is 4. The molecule has 98 valence electrons. The Labute approximate surface area is 108 Å². The topological polar surface area (TPSA) is 41.6 Å². The van der Waals surface area contributed by atoms with Crippen molar-refractivity contribution in [2.24, 2.45) is 0 Å².